The first kappa shape index (κ1) is 25.1. The molecule has 3 aliphatic heterocycles. The highest BCUT2D eigenvalue weighted by Crippen LogP contribution is 2.64. The lowest BCUT2D eigenvalue weighted by atomic mass is 9.65. The molecule has 6 rings (SSSR count). The van der Waals surface area contributed by atoms with Gasteiger partial charge in [-0.3, -0.25) is 9.59 Å². The largest absolute Gasteiger partial charge is 0.493 e. The molecule has 2 bridgehead atoms. The van der Waals surface area contributed by atoms with E-state index in [2.05, 4.69) is 19.1 Å². The molecule has 3 aromatic carbocycles. The van der Waals surface area contributed by atoms with Crippen molar-refractivity contribution >= 4 is 28.3 Å². The highest BCUT2D eigenvalue weighted by Gasteiger charge is 2.75. The number of fused-ring (bicyclic) bond motifs is 6. The number of benzene rings is 3. The van der Waals surface area contributed by atoms with Crippen molar-refractivity contribution in [2.24, 2.45) is 11.8 Å². The molecule has 196 valence electrons. The van der Waals surface area contributed by atoms with Gasteiger partial charge in [0.15, 0.2) is 0 Å². The average Bonchev–Trinajstić information content (AvgIpc) is 3.57. The second-order valence-electron chi connectivity index (χ2n) is 10.8. The highest BCUT2D eigenvalue weighted by molar-refractivity contribution is 6.26. The molecule has 2 amide bonds. The average molecular weight is 520 g/mol. The summed E-state index contributed by atoms with van der Waals surface area (Å²) in [5, 5.41) is 20.1. The smallest absolute Gasteiger partial charge is 0.240 e. The maximum Gasteiger partial charge on any atom is 0.240 e. The van der Waals surface area contributed by atoms with E-state index in [0.29, 0.717) is 47.4 Å². The van der Waals surface area contributed by atoms with Gasteiger partial charge in [0.05, 0.1) is 58.6 Å². The molecule has 3 fully saturated rings. The summed E-state index contributed by atoms with van der Waals surface area (Å²) in [5.74, 6) is -0.888. The topological polar surface area (TPSA) is 103 Å². The van der Waals surface area contributed by atoms with Crippen molar-refractivity contribution < 1.29 is 19.1 Å². The monoisotopic (exact) mass is 519 g/mol. The number of amides is 2. The minimum Gasteiger partial charge on any atom is -0.493 e. The molecule has 7 heteroatoms. The number of hydrogen-bond acceptors (Lipinski definition) is 6. The molecule has 0 aliphatic carbocycles. The lowest BCUT2D eigenvalue weighted by molar-refractivity contribution is -0.132. The van der Waals surface area contributed by atoms with Gasteiger partial charge in [0.2, 0.25) is 11.8 Å². The van der Waals surface area contributed by atoms with Crippen LogP contribution in [0.5, 0.6) is 5.75 Å². The Morgan fingerprint density at radius 1 is 0.897 bits per heavy atom. The molecule has 3 aromatic rings. The molecule has 0 N–H and O–H groups in total. The second-order valence-corrected chi connectivity index (χ2v) is 10.8. The lowest BCUT2D eigenvalue weighted by Crippen LogP contribution is -2.43. The van der Waals surface area contributed by atoms with Crippen LogP contribution in [0, 0.1) is 34.5 Å². The van der Waals surface area contributed by atoms with Crippen LogP contribution < -0.4 is 9.64 Å². The molecular weight excluding hydrogens is 490 g/mol. The van der Waals surface area contributed by atoms with Gasteiger partial charge in [-0.1, -0.05) is 44.0 Å². The number of nitriles is 2. The Kier molecular flexibility index (Phi) is 6.13. The van der Waals surface area contributed by atoms with Crippen LogP contribution in [0.25, 0.3) is 10.8 Å². The summed E-state index contributed by atoms with van der Waals surface area (Å²) in [5.41, 5.74) is 0.175. The standard InChI is InChI=1S/C32H29N3O4/c1-2-3-14-31-15-16-32(39-31,17-18-38-23-11-8-21(19-33)9-12-23)28-27(31)29(36)35(30(28)37)26-13-10-22(20-34)24-6-4-5-7-25(24)26/h4-13,27-28H,2-3,14-18H2,1H3/t27-,28+,31-,32-/m0/s1. The van der Waals surface area contributed by atoms with Crippen molar-refractivity contribution in [3.05, 3.63) is 71.8 Å². The molecule has 0 saturated carbocycles. The lowest BCUT2D eigenvalue weighted by Gasteiger charge is -2.31. The fraction of sp³-hybridized carbons (Fsp3) is 0.375. The number of imide groups is 1. The van der Waals surface area contributed by atoms with Crippen LogP contribution in [0.2, 0.25) is 0 Å². The number of hydrogen-bond donors (Lipinski definition) is 0. The summed E-state index contributed by atoms with van der Waals surface area (Å²) in [7, 11) is 0. The van der Waals surface area contributed by atoms with Crippen molar-refractivity contribution in [2.75, 3.05) is 11.5 Å². The summed E-state index contributed by atoms with van der Waals surface area (Å²) in [6.07, 6.45) is 4.57. The van der Waals surface area contributed by atoms with Gasteiger partial charge in [-0.15, -0.1) is 0 Å². The second kappa shape index (κ2) is 9.52. The number of ether oxygens (including phenoxy) is 2. The van der Waals surface area contributed by atoms with Crippen LogP contribution in [-0.4, -0.2) is 29.6 Å². The van der Waals surface area contributed by atoms with Crippen molar-refractivity contribution in [1.82, 2.24) is 0 Å². The van der Waals surface area contributed by atoms with Crippen LogP contribution in [0.3, 0.4) is 0 Å². The van der Waals surface area contributed by atoms with E-state index in [9.17, 15) is 14.9 Å². The maximum absolute atomic E-state index is 14.2. The molecule has 3 heterocycles. The number of rotatable bonds is 8. The first-order chi connectivity index (χ1) is 19.0. The van der Waals surface area contributed by atoms with Crippen LogP contribution in [0.1, 0.15) is 56.6 Å². The Morgan fingerprint density at radius 2 is 1.56 bits per heavy atom. The third-order valence-corrected chi connectivity index (χ3v) is 8.81. The first-order valence-corrected chi connectivity index (χ1v) is 13.6. The van der Waals surface area contributed by atoms with Crippen LogP contribution in [0.15, 0.2) is 60.7 Å². The summed E-state index contributed by atoms with van der Waals surface area (Å²) in [6.45, 7) is 2.45. The normalized spacial score (nSPS) is 27.0. The van der Waals surface area contributed by atoms with Gasteiger partial charge in [-0.05, 0) is 55.7 Å². The Hall–Kier alpha value is -4.20. The van der Waals surface area contributed by atoms with E-state index in [-0.39, 0.29) is 11.8 Å². The van der Waals surface area contributed by atoms with Crippen molar-refractivity contribution in [3.8, 4) is 17.9 Å². The Labute approximate surface area is 227 Å². The van der Waals surface area contributed by atoms with Gasteiger partial charge < -0.3 is 9.47 Å². The number of carbonyl (C=O) groups is 2. The van der Waals surface area contributed by atoms with Crippen LogP contribution >= 0.6 is 0 Å². The van der Waals surface area contributed by atoms with Crippen molar-refractivity contribution in [2.45, 2.75) is 56.7 Å². The van der Waals surface area contributed by atoms with Gasteiger partial charge in [-0.25, -0.2) is 4.90 Å². The summed E-state index contributed by atoms with van der Waals surface area (Å²) >= 11 is 0. The molecule has 39 heavy (non-hydrogen) atoms. The molecule has 3 aliphatic rings. The summed E-state index contributed by atoms with van der Waals surface area (Å²) in [4.78, 5) is 29.7. The molecule has 0 unspecified atom stereocenters. The SMILES string of the molecule is CCCC[C@@]12CC[C@@](CCOc3ccc(C#N)cc3)(O1)[C@H]1C(=O)N(c3ccc(C#N)c4ccccc34)C(=O)[C@H]12. The van der Waals surface area contributed by atoms with E-state index in [1.54, 1.807) is 36.4 Å². The zero-order valence-corrected chi connectivity index (χ0v) is 21.9. The molecule has 3 saturated heterocycles. The zero-order chi connectivity index (χ0) is 27.2. The predicted molar refractivity (Wildman–Crippen MR) is 145 cm³/mol. The minimum atomic E-state index is -0.769. The van der Waals surface area contributed by atoms with Crippen molar-refractivity contribution in [3.63, 3.8) is 0 Å². The fourth-order valence-corrected chi connectivity index (χ4v) is 7.02. The first-order valence-electron chi connectivity index (χ1n) is 13.6. The van der Waals surface area contributed by atoms with E-state index in [1.807, 2.05) is 24.3 Å². The van der Waals surface area contributed by atoms with E-state index in [0.717, 1.165) is 31.1 Å². The molecule has 0 radical (unpaired) electrons. The van der Waals surface area contributed by atoms with Gasteiger partial charge in [-0.2, -0.15) is 10.5 Å². The number of unbranched alkanes of at least 4 members (excludes halogenated alkanes) is 1. The van der Waals surface area contributed by atoms with Gasteiger partial charge in [0, 0.05) is 17.2 Å². The fourth-order valence-electron chi connectivity index (χ4n) is 7.02. The van der Waals surface area contributed by atoms with Gasteiger partial charge >= 0.3 is 0 Å². The zero-order valence-electron chi connectivity index (χ0n) is 21.9. The molecule has 0 spiro atoms. The number of nitrogens with zero attached hydrogens (tertiary/aromatic N) is 3. The molecular formula is C32H29N3O4. The molecule has 4 atom stereocenters. The maximum atomic E-state index is 14.2. The Bertz CT molecular complexity index is 1550. The third kappa shape index (κ3) is 3.80. The Morgan fingerprint density at radius 3 is 2.21 bits per heavy atom. The predicted octanol–water partition coefficient (Wildman–Crippen LogP) is 5.65. The van der Waals surface area contributed by atoms with E-state index in [4.69, 9.17) is 14.7 Å². The highest BCUT2D eigenvalue weighted by atomic mass is 16.5. The molecule has 0 aromatic heterocycles. The van der Waals surface area contributed by atoms with Crippen molar-refractivity contribution in [1.29, 1.82) is 10.5 Å². The summed E-state index contributed by atoms with van der Waals surface area (Å²) < 4.78 is 12.8. The third-order valence-electron chi connectivity index (χ3n) is 8.81. The van der Waals surface area contributed by atoms with Gasteiger partial charge in [0.1, 0.15) is 5.75 Å². The number of carbonyl (C=O) groups excluding carboxylic acids is 2. The van der Waals surface area contributed by atoms with E-state index in [1.165, 1.54) is 4.90 Å². The van der Waals surface area contributed by atoms with E-state index >= 15 is 0 Å². The minimum absolute atomic E-state index is 0.203. The van der Waals surface area contributed by atoms with Crippen LogP contribution in [0.4, 0.5) is 5.69 Å². The number of anilines is 1. The summed E-state index contributed by atoms with van der Waals surface area (Å²) in [6, 6.07) is 22.1. The quantitative estimate of drug-likeness (QED) is 0.356. The van der Waals surface area contributed by atoms with E-state index < -0.39 is 23.0 Å². The van der Waals surface area contributed by atoms with Crippen LogP contribution in [-0.2, 0) is 14.3 Å². The molecule has 7 nitrogen and oxygen atoms in total. The van der Waals surface area contributed by atoms with Gasteiger partial charge in [0.25, 0.3) is 0 Å². The Balaban J connectivity index is 1.34.